The second-order valence-electron chi connectivity index (χ2n) is 9.30. The zero-order valence-corrected chi connectivity index (χ0v) is 18.3. The van der Waals surface area contributed by atoms with Crippen LogP contribution < -0.4 is 10.6 Å². The summed E-state index contributed by atoms with van der Waals surface area (Å²) in [5.74, 6) is -1.54. The molecule has 4 atom stereocenters. The molecule has 0 unspecified atom stereocenters. The Bertz CT molecular complexity index is 1040. The van der Waals surface area contributed by atoms with Gasteiger partial charge in [-0.25, -0.2) is 4.79 Å². The number of alkyl carbamates (subject to hydrolysis) is 1. The third-order valence-electron chi connectivity index (χ3n) is 7.27. The highest BCUT2D eigenvalue weighted by atomic mass is 16.5. The minimum absolute atomic E-state index is 0.0104. The summed E-state index contributed by atoms with van der Waals surface area (Å²) in [6.45, 7) is 0.633. The highest BCUT2D eigenvalue weighted by Gasteiger charge is 2.45. The standard InChI is InChI=1S/C26H28N2O5/c29-24(28-23-11-5-10-20(23)25(30)31)21-12-15(21)13-27-26(32)33-14-22-18-8-3-1-6-16(18)17-7-2-4-9-19(17)22/h1-4,6-9,15,20-23H,5,10-14H2,(H,27,32)(H,28,29)(H,30,31)/t15-,20-,21-,23+/m0/s1. The van der Waals surface area contributed by atoms with Crippen molar-refractivity contribution in [2.24, 2.45) is 17.8 Å². The molecule has 0 aromatic heterocycles. The van der Waals surface area contributed by atoms with Crippen LogP contribution in [0.5, 0.6) is 0 Å². The Labute approximate surface area is 192 Å². The lowest BCUT2D eigenvalue weighted by Gasteiger charge is -2.17. The minimum Gasteiger partial charge on any atom is -0.481 e. The summed E-state index contributed by atoms with van der Waals surface area (Å²) in [6, 6.07) is 16.1. The first-order valence-corrected chi connectivity index (χ1v) is 11.6. The van der Waals surface area contributed by atoms with Crippen LogP contribution in [0.1, 0.15) is 42.7 Å². The van der Waals surface area contributed by atoms with Crippen LogP contribution in [-0.2, 0) is 14.3 Å². The number of carbonyl (C=O) groups excluding carboxylic acids is 2. The number of aliphatic carboxylic acids is 1. The molecule has 0 heterocycles. The van der Waals surface area contributed by atoms with Crippen molar-refractivity contribution >= 4 is 18.0 Å². The molecule has 3 aliphatic carbocycles. The fraction of sp³-hybridized carbons (Fsp3) is 0.423. The van der Waals surface area contributed by atoms with Crippen LogP contribution in [0.4, 0.5) is 4.79 Å². The monoisotopic (exact) mass is 448 g/mol. The maximum atomic E-state index is 12.5. The summed E-state index contributed by atoms with van der Waals surface area (Å²) in [5.41, 5.74) is 4.69. The number of nitrogens with one attached hydrogen (secondary N) is 2. The van der Waals surface area contributed by atoms with Crippen molar-refractivity contribution in [1.29, 1.82) is 0 Å². The van der Waals surface area contributed by atoms with Crippen LogP contribution in [0.3, 0.4) is 0 Å². The summed E-state index contributed by atoms with van der Waals surface area (Å²) in [6.07, 6.45) is 2.35. The second-order valence-corrected chi connectivity index (χ2v) is 9.30. The maximum Gasteiger partial charge on any atom is 0.407 e. The van der Waals surface area contributed by atoms with Gasteiger partial charge >= 0.3 is 12.1 Å². The van der Waals surface area contributed by atoms with E-state index in [0.29, 0.717) is 25.8 Å². The maximum absolute atomic E-state index is 12.5. The van der Waals surface area contributed by atoms with Gasteiger partial charge in [0.1, 0.15) is 6.61 Å². The molecule has 0 radical (unpaired) electrons. The minimum atomic E-state index is -0.845. The highest BCUT2D eigenvalue weighted by Crippen LogP contribution is 2.44. The predicted octanol–water partition coefficient (Wildman–Crippen LogP) is 3.53. The Morgan fingerprint density at radius 3 is 2.27 bits per heavy atom. The molecule has 7 heteroatoms. The molecule has 2 aromatic carbocycles. The molecule has 33 heavy (non-hydrogen) atoms. The fourth-order valence-corrected chi connectivity index (χ4v) is 5.38. The topological polar surface area (TPSA) is 105 Å². The van der Waals surface area contributed by atoms with E-state index in [9.17, 15) is 19.5 Å². The Kier molecular flexibility index (Phi) is 5.79. The highest BCUT2D eigenvalue weighted by molar-refractivity contribution is 5.83. The van der Waals surface area contributed by atoms with Gasteiger partial charge in [-0.1, -0.05) is 55.0 Å². The number of carboxylic acids is 1. The molecule has 7 nitrogen and oxygen atoms in total. The quantitative estimate of drug-likeness (QED) is 0.601. The van der Waals surface area contributed by atoms with Crippen molar-refractivity contribution in [2.45, 2.75) is 37.6 Å². The van der Waals surface area contributed by atoms with E-state index in [2.05, 4.69) is 34.9 Å². The summed E-state index contributed by atoms with van der Waals surface area (Å²) < 4.78 is 5.55. The van der Waals surface area contributed by atoms with Gasteiger partial charge in [0.2, 0.25) is 5.91 Å². The van der Waals surface area contributed by atoms with E-state index < -0.39 is 18.0 Å². The number of carbonyl (C=O) groups is 3. The molecule has 3 aliphatic rings. The van der Waals surface area contributed by atoms with E-state index in [-0.39, 0.29) is 36.3 Å². The average Bonchev–Trinajstić information content (AvgIpc) is 3.33. The van der Waals surface area contributed by atoms with Gasteiger partial charge in [0, 0.05) is 24.4 Å². The molecule has 2 aromatic rings. The van der Waals surface area contributed by atoms with Gasteiger partial charge in [0.25, 0.3) is 0 Å². The summed E-state index contributed by atoms with van der Waals surface area (Å²) >= 11 is 0. The molecule has 2 amide bonds. The molecular formula is C26H28N2O5. The number of ether oxygens (including phenoxy) is 1. The summed E-state index contributed by atoms with van der Waals surface area (Å²) in [7, 11) is 0. The molecule has 2 fully saturated rings. The first-order valence-electron chi connectivity index (χ1n) is 11.6. The van der Waals surface area contributed by atoms with Crippen molar-refractivity contribution < 1.29 is 24.2 Å². The van der Waals surface area contributed by atoms with Crippen LogP contribution in [-0.4, -0.2) is 42.3 Å². The van der Waals surface area contributed by atoms with Crippen LogP contribution in [0, 0.1) is 17.8 Å². The number of hydrogen-bond acceptors (Lipinski definition) is 4. The normalized spacial score (nSPS) is 25.1. The fourth-order valence-electron chi connectivity index (χ4n) is 5.38. The smallest absolute Gasteiger partial charge is 0.407 e. The van der Waals surface area contributed by atoms with E-state index in [0.717, 1.165) is 17.5 Å². The first kappa shape index (κ1) is 21.5. The lowest BCUT2D eigenvalue weighted by molar-refractivity contribution is -0.142. The Morgan fingerprint density at radius 2 is 1.61 bits per heavy atom. The SMILES string of the molecule is O=C(NC[C@@H]1C[C@@H]1C(=O)N[C@@H]1CCC[C@@H]1C(=O)O)OCC1c2ccccc2-c2ccccc21. The van der Waals surface area contributed by atoms with Gasteiger partial charge in [-0.05, 0) is 47.4 Å². The Hall–Kier alpha value is -3.35. The molecule has 0 aliphatic heterocycles. The largest absolute Gasteiger partial charge is 0.481 e. The van der Waals surface area contributed by atoms with Gasteiger partial charge in [-0.2, -0.15) is 0 Å². The number of hydrogen-bond donors (Lipinski definition) is 3. The molecule has 0 bridgehead atoms. The van der Waals surface area contributed by atoms with Crippen molar-refractivity contribution in [3.8, 4) is 11.1 Å². The van der Waals surface area contributed by atoms with Crippen molar-refractivity contribution in [3.63, 3.8) is 0 Å². The van der Waals surface area contributed by atoms with Gasteiger partial charge < -0.3 is 20.5 Å². The number of benzene rings is 2. The molecule has 3 N–H and O–H groups in total. The number of amides is 2. The lowest BCUT2D eigenvalue weighted by Crippen LogP contribution is -2.41. The third-order valence-corrected chi connectivity index (χ3v) is 7.27. The Balaban J connectivity index is 1.09. The zero-order chi connectivity index (χ0) is 22.9. The van der Waals surface area contributed by atoms with E-state index in [1.807, 2.05) is 24.3 Å². The molecular weight excluding hydrogens is 420 g/mol. The third kappa shape index (κ3) is 4.32. The van der Waals surface area contributed by atoms with Crippen LogP contribution in [0.15, 0.2) is 48.5 Å². The van der Waals surface area contributed by atoms with E-state index in [1.165, 1.54) is 11.1 Å². The second kappa shape index (κ2) is 8.89. The van der Waals surface area contributed by atoms with Gasteiger partial charge in [0.05, 0.1) is 5.92 Å². The molecule has 172 valence electrons. The summed E-state index contributed by atoms with van der Waals surface area (Å²) in [5, 5.41) is 15.0. The number of rotatable bonds is 7. The van der Waals surface area contributed by atoms with Gasteiger partial charge in [-0.3, -0.25) is 9.59 Å². The van der Waals surface area contributed by atoms with Crippen LogP contribution >= 0.6 is 0 Å². The van der Waals surface area contributed by atoms with Gasteiger partial charge in [-0.15, -0.1) is 0 Å². The van der Waals surface area contributed by atoms with Crippen molar-refractivity contribution in [2.75, 3.05) is 13.2 Å². The van der Waals surface area contributed by atoms with Crippen LogP contribution in [0.2, 0.25) is 0 Å². The predicted molar refractivity (Wildman–Crippen MR) is 122 cm³/mol. The molecule has 2 saturated carbocycles. The lowest BCUT2D eigenvalue weighted by atomic mass is 9.98. The zero-order valence-electron chi connectivity index (χ0n) is 18.3. The van der Waals surface area contributed by atoms with E-state index >= 15 is 0 Å². The van der Waals surface area contributed by atoms with Crippen LogP contribution in [0.25, 0.3) is 11.1 Å². The van der Waals surface area contributed by atoms with Crippen molar-refractivity contribution in [3.05, 3.63) is 59.7 Å². The van der Waals surface area contributed by atoms with E-state index in [4.69, 9.17) is 4.74 Å². The van der Waals surface area contributed by atoms with Crippen molar-refractivity contribution in [1.82, 2.24) is 10.6 Å². The number of carboxylic acid groups (broad SMARTS) is 1. The summed E-state index contributed by atoms with van der Waals surface area (Å²) in [4.78, 5) is 36.1. The molecule has 0 saturated heterocycles. The molecule has 5 rings (SSSR count). The Morgan fingerprint density at radius 1 is 0.939 bits per heavy atom. The van der Waals surface area contributed by atoms with Gasteiger partial charge in [0.15, 0.2) is 0 Å². The average molecular weight is 449 g/mol. The number of fused-ring (bicyclic) bond motifs is 3. The first-order chi connectivity index (χ1) is 16.0. The molecule has 0 spiro atoms. The van der Waals surface area contributed by atoms with E-state index in [1.54, 1.807) is 0 Å².